The molecule has 2 rings (SSSR count). The van der Waals surface area contributed by atoms with E-state index >= 15 is 0 Å². The van der Waals surface area contributed by atoms with Gasteiger partial charge in [-0.05, 0) is 74.2 Å². The van der Waals surface area contributed by atoms with Crippen molar-refractivity contribution < 1.29 is 19.3 Å². The van der Waals surface area contributed by atoms with Gasteiger partial charge >= 0.3 is 0 Å². The summed E-state index contributed by atoms with van der Waals surface area (Å²) < 4.78 is 16.1. The van der Waals surface area contributed by atoms with Crippen molar-refractivity contribution in [1.82, 2.24) is 4.90 Å². The van der Waals surface area contributed by atoms with E-state index in [-0.39, 0.29) is 12.5 Å². The molecular formula is C29H40N2O4. The number of nitrogens with zero attached hydrogens (tertiary/aromatic N) is 2. The Morgan fingerprint density at radius 1 is 1.17 bits per heavy atom. The number of benzene rings is 2. The number of aliphatic hydroxyl groups excluding tert-OH is 1. The van der Waals surface area contributed by atoms with Crippen LogP contribution < -0.4 is 9.47 Å². The van der Waals surface area contributed by atoms with Gasteiger partial charge < -0.3 is 24.2 Å². The van der Waals surface area contributed by atoms with Gasteiger partial charge in [0.05, 0.1) is 32.3 Å². The van der Waals surface area contributed by atoms with Crippen LogP contribution >= 0.6 is 0 Å². The smallest absolute Gasteiger partial charge is 0.145 e. The van der Waals surface area contributed by atoms with E-state index in [4.69, 9.17) is 14.2 Å². The molecule has 6 heteroatoms. The highest BCUT2D eigenvalue weighted by Crippen LogP contribution is 2.38. The van der Waals surface area contributed by atoms with Gasteiger partial charge in [-0.15, -0.1) is 0 Å². The summed E-state index contributed by atoms with van der Waals surface area (Å²) in [4.78, 5) is 2.30. The van der Waals surface area contributed by atoms with E-state index in [1.807, 2.05) is 30.3 Å². The van der Waals surface area contributed by atoms with Crippen LogP contribution in [0.1, 0.15) is 43.4 Å². The zero-order valence-electron chi connectivity index (χ0n) is 21.8. The van der Waals surface area contributed by atoms with Gasteiger partial charge in [-0.2, -0.15) is 5.26 Å². The Hall–Kier alpha value is -3.01. The molecule has 0 bridgehead atoms. The number of rotatable bonds is 15. The second-order valence-electron chi connectivity index (χ2n) is 9.26. The van der Waals surface area contributed by atoms with Crippen LogP contribution in [0.3, 0.4) is 0 Å². The van der Waals surface area contributed by atoms with E-state index in [0.29, 0.717) is 23.7 Å². The standard InChI is InChI=1S/C29H40N2O4/c1-22(2)29(21-30,26-11-12-28(34-6)25(18-26)19-32)14-8-15-31(4)16-13-24-9-7-10-27(17-24)35-20-23(3)33-5/h7,9-12,17-18,22,32H,3,8,13-16,19-20H2,1-2,4-6H3. The minimum Gasteiger partial charge on any atom is -0.498 e. The molecule has 1 atom stereocenters. The third-order valence-electron chi connectivity index (χ3n) is 6.63. The Kier molecular flexibility index (Phi) is 11.1. The van der Waals surface area contributed by atoms with Crippen molar-refractivity contribution in [2.24, 2.45) is 5.92 Å². The highest BCUT2D eigenvalue weighted by atomic mass is 16.5. The average Bonchev–Trinajstić information content (AvgIpc) is 2.88. The minimum atomic E-state index is -0.616. The van der Waals surface area contributed by atoms with Gasteiger partial charge in [0.1, 0.15) is 23.9 Å². The number of likely N-dealkylation sites (N-methyl/N-ethyl adjacent to an activating group) is 1. The third kappa shape index (κ3) is 7.74. The monoisotopic (exact) mass is 480 g/mol. The third-order valence-corrected chi connectivity index (χ3v) is 6.63. The Morgan fingerprint density at radius 3 is 2.57 bits per heavy atom. The normalized spacial score (nSPS) is 12.8. The maximum Gasteiger partial charge on any atom is 0.145 e. The molecule has 2 aromatic rings. The van der Waals surface area contributed by atoms with Crippen molar-refractivity contribution >= 4 is 0 Å². The fraction of sp³-hybridized carbons (Fsp3) is 0.483. The summed E-state index contributed by atoms with van der Waals surface area (Å²) in [6.45, 7) is 9.98. The topological polar surface area (TPSA) is 75.0 Å². The molecule has 0 saturated carbocycles. The van der Waals surface area contributed by atoms with E-state index in [1.54, 1.807) is 14.2 Å². The second kappa shape index (κ2) is 13.8. The van der Waals surface area contributed by atoms with Crippen molar-refractivity contribution in [2.45, 2.75) is 45.1 Å². The molecule has 0 fully saturated rings. The minimum absolute atomic E-state index is 0.118. The van der Waals surface area contributed by atoms with Crippen LogP contribution in [0.25, 0.3) is 0 Å². The van der Waals surface area contributed by atoms with E-state index in [2.05, 4.69) is 50.6 Å². The van der Waals surface area contributed by atoms with Crippen LogP contribution in [0, 0.1) is 17.2 Å². The first-order valence-electron chi connectivity index (χ1n) is 12.1. The van der Waals surface area contributed by atoms with Crippen molar-refractivity contribution in [1.29, 1.82) is 5.26 Å². The maximum atomic E-state index is 10.2. The fourth-order valence-electron chi connectivity index (χ4n) is 4.27. The molecule has 6 nitrogen and oxygen atoms in total. The fourth-order valence-corrected chi connectivity index (χ4v) is 4.27. The Morgan fingerprint density at radius 2 is 1.94 bits per heavy atom. The lowest BCUT2D eigenvalue weighted by molar-refractivity contribution is 0.220. The maximum absolute atomic E-state index is 10.2. The van der Waals surface area contributed by atoms with Crippen molar-refractivity contribution in [3.8, 4) is 17.6 Å². The van der Waals surface area contributed by atoms with Gasteiger partial charge in [-0.3, -0.25) is 0 Å². The molecule has 190 valence electrons. The van der Waals surface area contributed by atoms with Crippen molar-refractivity contribution in [3.05, 3.63) is 71.5 Å². The van der Waals surface area contributed by atoms with Gasteiger partial charge in [0.15, 0.2) is 0 Å². The summed E-state index contributed by atoms with van der Waals surface area (Å²) in [5, 5.41) is 20.0. The van der Waals surface area contributed by atoms with Crippen LogP contribution in [-0.2, 0) is 23.2 Å². The lowest BCUT2D eigenvalue weighted by Gasteiger charge is -2.32. The summed E-state index contributed by atoms with van der Waals surface area (Å²) in [5.41, 5.74) is 2.24. The molecule has 0 aromatic heterocycles. The van der Waals surface area contributed by atoms with Crippen LogP contribution in [0.5, 0.6) is 11.5 Å². The number of nitriles is 1. The van der Waals surface area contributed by atoms with Gasteiger partial charge in [0.25, 0.3) is 0 Å². The van der Waals surface area contributed by atoms with Crippen LogP contribution in [0.2, 0.25) is 0 Å². The quantitative estimate of drug-likeness (QED) is 0.358. The van der Waals surface area contributed by atoms with E-state index in [9.17, 15) is 10.4 Å². The Balaban J connectivity index is 1.96. The summed E-state index contributed by atoms with van der Waals surface area (Å²) in [7, 11) is 5.29. The lowest BCUT2D eigenvalue weighted by Crippen LogP contribution is -2.32. The van der Waals surface area contributed by atoms with Gasteiger partial charge in [0.2, 0.25) is 0 Å². The zero-order chi connectivity index (χ0) is 25.8. The molecule has 1 N–H and O–H groups in total. The first-order chi connectivity index (χ1) is 16.8. The molecule has 0 spiro atoms. The number of hydrogen-bond donors (Lipinski definition) is 1. The largest absolute Gasteiger partial charge is 0.498 e. The van der Waals surface area contributed by atoms with Gasteiger partial charge in [-0.1, -0.05) is 38.6 Å². The van der Waals surface area contributed by atoms with Gasteiger partial charge in [-0.25, -0.2) is 0 Å². The first-order valence-corrected chi connectivity index (χ1v) is 12.1. The van der Waals surface area contributed by atoms with E-state index < -0.39 is 5.41 Å². The molecule has 0 aliphatic heterocycles. The van der Waals surface area contributed by atoms with E-state index in [0.717, 1.165) is 43.7 Å². The lowest BCUT2D eigenvalue weighted by atomic mass is 9.69. The highest BCUT2D eigenvalue weighted by molar-refractivity contribution is 5.43. The van der Waals surface area contributed by atoms with Crippen molar-refractivity contribution in [3.63, 3.8) is 0 Å². The molecule has 35 heavy (non-hydrogen) atoms. The molecule has 0 amide bonds. The predicted molar refractivity (Wildman–Crippen MR) is 140 cm³/mol. The average molecular weight is 481 g/mol. The zero-order valence-corrected chi connectivity index (χ0v) is 21.8. The molecular weight excluding hydrogens is 440 g/mol. The van der Waals surface area contributed by atoms with Crippen LogP contribution in [0.15, 0.2) is 54.8 Å². The summed E-state index contributed by atoms with van der Waals surface area (Å²) in [6, 6.07) is 16.4. The number of aliphatic hydroxyl groups is 1. The van der Waals surface area contributed by atoms with Gasteiger partial charge in [0, 0.05) is 12.1 Å². The molecule has 1 unspecified atom stereocenters. The highest BCUT2D eigenvalue weighted by Gasteiger charge is 2.36. The summed E-state index contributed by atoms with van der Waals surface area (Å²) >= 11 is 0. The molecule has 0 aliphatic carbocycles. The SMILES string of the molecule is C=C(COc1cccc(CCN(C)CCCC(C#N)(c2ccc(OC)c(CO)c2)C(C)C)c1)OC. The summed E-state index contributed by atoms with van der Waals surface area (Å²) in [6.07, 6.45) is 2.55. The predicted octanol–water partition coefficient (Wildman–Crippen LogP) is 5.10. The Bertz CT molecular complexity index is 998. The van der Waals surface area contributed by atoms with Crippen molar-refractivity contribution in [2.75, 3.05) is 41.0 Å². The summed E-state index contributed by atoms with van der Waals surface area (Å²) in [5.74, 6) is 2.17. The molecule has 2 aromatic carbocycles. The van der Waals surface area contributed by atoms with Crippen LogP contribution in [0.4, 0.5) is 0 Å². The number of hydrogen-bond acceptors (Lipinski definition) is 6. The van der Waals surface area contributed by atoms with E-state index in [1.165, 1.54) is 5.56 Å². The first kappa shape index (κ1) is 28.2. The second-order valence-corrected chi connectivity index (χ2v) is 9.26. The molecule has 0 heterocycles. The molecule has 0 saturated heterocycles. The number of ether oxygens (including phenoxy) is 3. The number of methoxy groups -OCH3 is 2. The Labute approximate surface area is 210 Å². The molecule has 0 radical (unpaired) electrons. The van der Waals surface area contributed by atoms with Crippen LogP contribution in [-0.4, -0.2) is 51.0 Å². The molecule has 0 aliphatic rings.